The van der Waals surface area contributed by atoms with Gasteiger partial charge in [-0.3, -0.25) is 0 Å². The molecule has 2 fully saturated rings. The molecule has 0 bridgehead atoms. The van der Waals surface area contributed by atoms with Crippen LogP contribution in [-0.4, -0.2) is 41.8 Å². The van der Waals surface area contributed by atoms with E-state index in [0.29, 0.717) is 5.92 Å². The quantitative estimate of drug-likeness (QED) is 0.640. The van der Waals surface area contributed by atoms with Gasteiger partial charge in [0.1, 0.15) is 6.10 Å². The van der Waals surface area contributed by atoms with E-state index in [0.717, 1.165) is 38.8 Å². The lowest BCUT2D eigenvalue weighted by atomic mass is 9.98. The first-order valence-corrected chi connectivity index (χ1v) is 9.01. The standard InChI is InChI=1S/C18H31NO3/c20-15-16-9-12-19(13-10-16)14-11-18(21)22-17-7-5-3-1-2-4-6-8-17/h11,14,16-17,20H,1-10,12-13,15H2/b14-11+. The molecule has 126 valence electrons. The minimum absolute atomic E-state index is 0.107. The third kappa shape index (κ3) is 6.39. The number of esters is 1. The zero-order valence-electron chi connectivity index (χ0n) is 13.7. The predicted molar refractivity (Wildman–Crippen MR) is 87.3 cm³/mol. The van der Waals surface area contributed by atoms with Gasteiger partial charge in [-0.05, 0) is 44.4 Å². The summed E-state index contributed by atoms with van der Waals surface area (Å²) in [7, 11) is 0. The topological polar surface area (TPSA) is 49.8 Å². The van der Waals surface area contributed by atoms with Gasteiger partial charge < -0.3 is 14.7 Å². The number of likely N-dealkylation sites (tertiary alicyclic amines) is 1. The van der Waals surface area contributed by atoms with E-state index < -0.39 is 0 Å². The zero-order chi connectivity index (χ0) is 15.6. The molecule has 1 aliphatic carbocycles. The van der Waals surface area contributed by atoms with Gasteiger partial charge in [0, 0.05) is 32.0 Å². The number of piperidine rings is 1. The van der Waals surface area contributed by atoms with Gasteiger partial charge in [0.25, 0.3) is 0 Å². The van der Waals surface area contributed by atoms with E-state index in [1.807, 2.05) is 6.20 Å². The van der Waals surface area contributed by atoms with Crippen LogP contribution in [0.15, 0.2) is 12.3 Å². The average molecular weight is 309 g/mol. The maximum Gasteiger partial charge on any atom is 0.332 e. The van der Waals surface area contributed by atoms with Crippen molar-refractivity contribution in [3.63, 3.8) is 0 Å². The van der Waals surface area contributed by atoms with Gasteiger partial charge in [-0.25, -0.2) is 4.79 Å². The summed E-state index contributed by atoms with van der Waals surface area (Å²) in [6.45, 7) is 2.11. The minimum Gasteiger partial charge on any atom is -0.459 e. The van der Waals surface area contributed by atoms with Gasteiger partial charge in [0.2, 0.25) is 0 Å². The van der Waals surface area contributed by atoms with E-state index in [1.165, 1.54) is 38.5 Å². The van der Waals surface area contributed by atoms with Crippen LogP contribution in [-0.2, 0) is 9.53 Å². The molecule has 1 N–H and O–H groups in total. The summed E-state index contributed by atoms with van der Waals surface area (Å²) in [5.74, 6) is 0.226. The summed E-state index contributed by atoms with van der Waals surface area (Å²) in [4.78, 5) is 14.1. The van der Waals surface area contributed by atoms with Crippen molar-refractivity contribution in [2.75, 3.05) is 19.7 Å². The van der Waals surface area contributed by atoms with Crippen LogP contribution >= 0.6 is 0 Å². The highest BCUT2D eigenvalue weighted by molar-refractivity contribution is 5.81. The van der Waals surface area contributed by atoms with Gasteiger partial charge in [-0.2, -0.15) is 0 Å². The molecular formula is C18H31NO3. The van der Waals surface area contributed by atoms with Gasteiger partial charge in [-0.1, -0.05) is 25.7 Å². The molecule has 2 rings (SSSR count). The Morgan fingerprint density at radius 3 is 2.18 bits per heavy atom. The minimum atomic E-state index is -0.200. The molecule has 22 heavy (non-hydrogen) atoms. The Balaban J connectivity index is 1.70. The lowest BCUT2D eigenvalue weighted by molar-refractivity contribution is -0.143. The molecule has 0 aromatic rings. The summed E-state index contributed by atoms with van der Waals surface area (Å²) in [6.07, 6.45) is 15.1. The predicted octanol–water partition coefficient (Wildman–Crippen LogP) is 3.25. The van der Waals surface area contributed by atoms with E-state index in [1.54, 1.807) is 6.08 Å². The van der Waals surface area contributed by atoms with E-state index >= 15 is 0 Å². The van der Waals surface area contributed by atoms with E-state index in [4.69, 9.17) is 9.84 Å². The highest BCUT2D eigenvalue weighted by Crippen LogP contribution is 2.20. The number of hydrogen-bond acceptors (Lipinski definition) is 4. The van der Waals surface area contributed by atoms with Crippen molar-refractivity contribution in [2.45, 2.75) is 70.3 Å². The molecule has 4 nitrogen and oxygen atoms in total. The lowest BCUT2D eigenvalue weighted by Gasteiger charge is -2.29. The molecule has 0 radical (unpaired) electrons. The molecule has 0 aromatic carbocycles. The van der Waals surface area contributed by atoms with Crippen LogP contribution in [0.2, 0.25) is 0 Å². The molecule has 0 spiro atoms. The first kappa shape index (κ1) is 17.3. The largest absolute Gasteiger partial charge is 0.459 e. The maximum atomic E-state index is 12.0. The first-order valence-electron chi connectivity index (χ1n) is 9.01. The van der Waals surface area contributed by atoms with E-state index in [-0.39, 0.29) is 18.7 Å². The molecular weight excluding hydrogens is 278 g/mol. The number of carbonyl (C=O) groups is 1. The Morgan fingerprint density at radius 1 is 1.00 bits per heavy atom. The second-order valence-electron chi connectivity index (χ2n) is 6.74. The van der Waals surface area contributed by atoms with Crippen LogP contribution < -0.4 is 0 Å². The van der Waals surface area contributed by atoms with Crippen LogP contribution in [0.25, 0.3) is 0 Å². The van der Waals surface area contributed by atoms with E-state index in [9.17, 15) is 4.79 Å². The Labute approximate surface area is 134 Å². The molecule has 1 saturated heterocycles. The van der Waals surface area contributed by atoms with Crippen molar-refractivity contribution in [3.8, 4) is 0 Å². The van der Waals surface area contributed by atoms with Crippen molar-refractivity contribution < 1.29 is 14.6 Å². The summed E-state index contributed by atoms with van der Waals surface area (Å²) in [5.41, 5.74) is 0. The maximum absolute atomic E-state index is 12.0. The summed E-state index contributed by atoms with van der Waals surface area (Å²) >= 11 is 0. The summed E-state index contributed by atoms with van der Waals surface area (Å²) in [5, 5.41) is 9.13. The number of ether oxygens (including phenoxy) is 1. The van der Waals surface area contributed by atoms with Gasteiger partial charge >= 0.3 is 5.97 Å². The number of carbonyl (C=O) groups excluding carboxylic acids is 1. The van der Waals surface area contributed by atoms with Crippen molar-refractivity contribution in [3.05, 3.63) is 12.3 Å². The SMILES string of the molecule is O=C(/C=C/N1CCC(CO)CC1)OC1CCCCCCCC1. The van der Waals surface area contributed by atoms with Gasteiger partial charge in [0.15, 0.2) is 0 Å². The zero-order valence-corrected chi connectivity index (χ0v) is 13.7. The number of nitrogens with zero attached hydrogens (tertiary/aromatic N) is 1. The fraction of sp³-hybridized carbons (Fsp3) is 0.833. The highest BCUT2D eigenvalue weighted by Gasteiger charge is 2.17. The molecule has 0 atom stereocenters. The smallest absolute Gasteiger partial charge is 0.332 e. The Morgan fingerprint density at radius 2 is 1.59 bits per heavy atom. The Hall–Kier alpha value is -1.03. The second kappa shape index (κ2) is 9.88. The second-order valence-corrected chi connectivity index (χ2v) is 6.74. The number of aliphatic hydroxyl groups excluding tert-OH is 1. The van der Waals surface area contributed by atoms with Crippen LogP contribution in [0.4, 0.5) is 0 Å². The van der Waals surface area contributed by atoms with Crippen molar-refractivity contribution in [1.82, 2.24) is 4.90 Å². The molecule has 2 aliphatic rings. The van der Waals surface area contributed by atoms with E-state index in [2.05, 4.69) is 4.90 Å². The monoisotopic (exact) mass is 309 g/mol. The number of hydrogen-bond donors (Lipinski definition) is 1. The molecule has 1 saturated carbocycles. The number of rotatable bonds is 4. The molecule has 1 heterocycles. The van der Waals surface area contributed by atoms with Crippen LogP contribution in [0.1, 0.15) is 64.2 Å². The summed E-state index contributed by atoms with van der Waals surface area (Å²) in [6, 6.07) is 0. The molecule has 0 unspecified atom stereocenters. The van der Waals surface area contributed by atoms with Gasteiger partial charge in [0.05, 0.1) is 0 Å². The Bertz CT molecular complexity index is 338. The fourth-order valence-electron chi connectivity index (χ4n) is 3.37. The molecule has 4 heteroatoms. The highest BCUT2D eigenvalue weighted by atomic mass is 16.5. The van der Waals surface area contributed by atoms with Crippen molar-refractivity contribution in [2.24, 2.45) is 5.92 Å². The van der Waals surface area contributed by atoms with Crippen LogP contribution in [0, 0.1) is 5.92 Å². The third-order valence-electron chi connectivity index (χ3n) is 4.91. The Kier molecular flexibility index (Phi) is 7.78. The van der Waals surface area contributed by atoms with Crippen LogP contribution in [0.5, 0.6) is 0 Å². The molecule has 0 aromatic heterocycles. The molecule has 1 aliphatic heterocycles. The molecule has 0 amide bonds. The summed E-state index contributed by atoms with van der Waals surface area (Å²) < 4.78 is 5.62. The van der Waals surface area contributed by atoms with Crippen molar-refractivity contribution >= 4 is 5.97 Å². The van der Waals surface area contributed by atoms with Crippen LogP contribution in [0.3, 0.4) is 0 Å². The van der Waals surface area contributed by atoms with Crippen molar-refractivity contribution in [1.29, 1.82) is 0 Å². The normalized spacial score (nSPS) is 23.0. The fourth-order valence-corrected chi connectivity index (χ4v) is 3.37. The lowest BCUT2D eigenvalue weighted by Crippen LogP contribution is -2.31. The first-order chi connectivity index (χ1) is 10.8. The average Bonchev–Trinajstić information content (AvgIpc) is 2.67. The number of aliphatic hydroxyl groups is 1. The third-order valence-corrected chi connectivity index (χ3v) is 4.91. The van der Waals surface area contributed by atoms with Gasteiger partial charge in [-0.15, -0.1) is 0 Å².